The molecule has 1 N–H and O–H groups in total. The minimum atomic E-state index is 0.283. The number of thiocarbonyl (C=S) groups is 1. The highest BCUT2D eigenvalue weighted by molar-refractivity contribution is 8.10. The van der Waals surface area contributed by atoms with E-state index in [0.29, 0.717) is 6.73 Å². The van der Waals surface area contributed by atoms with Crippen molar-refractivity contribution in [3.8, 4) is 0 Å². The van der Waals surface area contributed by atoms with Gasteiger partial charge in [-0.15, -0.1) is 0 Å². The molecular formula is C4H9NOS2. The second kappa shape index (κ2) is 5.34. The van der Waals surface area contributed by atoms with E-state index in [1.54, 1.807) is 0 Å². The van der Waals surface area contributed by atoms with Gasteiger partial charge < -0.3 is 4.74 Å². The topological polar surface area (TPSA) is 21.3 Å². The van der Waals surface area contributed by atoms with E-state index in [1.807, 2.05) is 6.92 Å². The van der Waals surface area contributed by atoms with E-state index in [2.05, 4.69) is 30.2 Å². The molecule has 0 amide bonds. The lowest BCUT2D eigenvalue weighted by Gasteiger charge is -2.00. The van der Waals surface area contributed by atoms with Gasteiger partial charge in [-0.25, -0.2) is 0 Å². The molecule has 0 rings (SSSR count). The van der Waals surface area contributed by atoms with Crippen LogP contribution >= 0.6 is 24.8 Å². The maximum atomic E-state index is 4.77. The molecule has 0 saturated heterocycles. The van der Waals surface area contributed by atoms with E-state index in [0.717, 1.165) is 6.54 Å². The van der Waals surface area contributed by atoms with E-state index < -0.39 is 0 Å². The summed E-state index contributed by atoms with van der Waals surface area (Å²) in [6.07, 6.45) is 0. The first-order valence-electron chi connectivity index (χ1n) is 2.33. The van der Waals surface area contributed by atoms with Crippen molar-refractivity contribution in [2.45, 2.75) is 6.92 Å². The Bertz CT molecular complexity index is 76.4. The number of nitrogens with one attached hydrogen (secondary N) is 1. The molecule has 0 aliphatic heterocycles. The lowest BCUT2D eigenvalue weighted by Crippen LogP contribution is -2.17. The fourth-order valence-corrected chi connectivity index (χ4v) is 0.338. The van der Waals surface area contributed by atoms with E-state index in [-0.39, 0.29) is 4.38 Å². The lowest BCUT2D eigenvalue weighted by atomic mass is 10.8. The number of thiol groups is 1. The van der Waals surface area contributed by atoms with Crippen molar-refractivity contribution >= 4 is 29.2 Å². The Hall–Kier alpha value is 0.200. The summed E-state index contributed by atoms with van der Waals surface area (Å²) in [7, 11) is 0. The predicted molar refractivity (Wildman–Crippen MR) is 41.2 cm³/mol. The molecule has 4 heteroatoms. The van der Waals surface area contributed by atoms with Gasteiger partial charge in [0.25, 0.3) is 0 Å². The SMILES string of the molecule is CCNCOC(=S)S. The molecule has 2 nitrogen and oxygen atoms in total. The van der Waals surface area contributed by atoms with Crippen LogP contribution < -0.4 is 5.32 Å². The highest BCUT2D eigenvalue weighted by Crippen LogP contribution is 1.83. The van der Waals surface area contributed by atoms with Crippen LogP contribution in [0.4, 0.5) is 0 Å². The third-order valence-corrected chi connectivity index (χ3v) is 0.795. The Morgan fingerprint density at radius 1 is 1.88 bits per heavy atom. The smallest absolute Gasteiger partial charge is 0.218 e. The van der Waals surface area contributed by atoms with Crippen molar-refractivity contribution in [1.82, 2.24) is 5.32 Å². The molecule has 0 fully saturated rings. The van der Waals surface area contributed by atoms with Crippen LogP contribution in [0.5, 0.6) is 0 Å². The van der Waals surface area contributed by atoms with Crippen LogP contribution in [0.15, 0.2) is 0 Å². The van der Waals surface area contributed by atoms with Gasteiger partial charge in [-0.05, 0) is 18.8 Å². The van der Waals surface area contributed by atoms with Gasteiger partial charge in [-0.2, -0.15) is 0 Å². The molecule has 8 heavy (non-hydrogen) atoms. The van der Waals surface area contributed by atoms with Gasteiger partial charge in [0.2, 0.25) is 4.38 Å². The van der Waals surface area contributed by atoms with Gasteiger partial charge >= 0.3 is 0 Å². The quantitative estimate of drug-likeness (QED) is 0.269. The Kier molecular flexibility index (Phi) is 5.47. The maximum Gasteiger partial charge on any atom is 0.218 e. The van der Waals surface area contributed by atoms with Crippen molar-refractivity contribution in [1.29, 1.82) is 0 Å². The molecule has 0 heterocycles. The minimum Gasteiger partial charge on any atom is -0.463 e. The normalized spacial score (nSPS) is 8.75. The summed E-state index contributed by atoms with van der Waals surface area (Å²) in [6, 6.07) is 0. The summed E-state index contributed by atoms with van der Waals surface area (Å²) in [5, 5.41) is 2.92. The Balaban J connectivity index is 2.82. The molecule has 0 aliphatic carbocycles. The van der Waals surface area contributed by atoms with Crippen LogP contribution in [0.25, 0.3) is 0 Å². The summed E-state index contributed by atoms with van der Waals surface area (Å²) in [6.45, 7) is 3.33. The third kappa shape index (κ3) is 6.20. The van der Waals surface area contributed by atoms with Gasteiger partial charge in [-0.1, -0.05) is 19.6 Å². The van der Waals surface area contributed by atoms with Gasteiger partial charge in [0, 0.05) is 0 Å². The van der Waals surface area contributed by atoms with Crippen molar-refractivity contribution < 1.29 is 4.74 Å². The zero-order chi connectivity index (χ0) is 6.41. The van der Waals surface area contributed by atoms with Crippen LogP contribution in [0, 0.1) is 0 Å². The number of rotatable bonds is 3. The molecule has 0 spiro atoms. The first-order valence-corrected chi connectivity index (χ1v) is 3.19. The predicted octanol–water partition coefficient (Wildman–Crippen LogP) is 0.785. The average Bonchev–Trinajstić information content (AvgIpc) is 1.66. The van der Waals surface area contributed by atoms with Crippen LogP contribution in [-0.4, -0.2) is 17.7 Å². The van der Waals surface area contributed by atoms with Crippen molar-refractivity contribution in [3.63, 3.8) is 0 Å². The first-order chi connectivity index (χ1) is 3.77. The highest BCUT2D eigenvalue weighted by atomic mass is 32.1. The number of hydrogen-bond acceptors (Lipinski definition) is 3. The van der Waals surface area contributed by atoms with Crippen LogP contribution in [-0.2, 0) is 4.74 Å². The lowest BCUT2D eigenvalue weighted by molar-refractivity contribution is 0.290. The molecule has 0 bridgehead atoms. The maximum absolute atomic E-state index is 4.77. The van der Waals surface area contributed by atoms with Crippen molar-refractivity contribution in [2.75, 3.05) is 13.3 Å². The number of ether oxygens (including phenoxy) is 1. The summed E-state index contributed by atoms with van der Waals surface area (Å²) >= 11 is 8.25. The highest BCUT2D eigenvalue weighted by Gasteiger charge is 1.83. The van der Waals surface area contributed by atoms with E-state index in [4.69, 9.17) is 4.74 Å². The van der Waals surface area contributed by atoms with Crippen LogP contribution in [0.1, 0.15) is 6.92 Å². The van der Waals surface area contributed by atoms with Crippen molar-refractivity contribution in [2.24, 2.45) is 0 Å². The molecule has 0 saturated carbocycles. The second-order valence-corrected chi connectivity index (χ2v) is 2.24. The fourth-order valence-electron chi connectivity index (χ4n) is 0.215. The Morgan fingerprint density at radius 3 is 2.88 bits per heavy atom. The summed E-state index contributed by atoms with van der Waals surface area (Å²) in [5.41, 5.74) is 0. The fraction of sp³-hybridized carbons (Fsp3) is 0.750. The molecule has 0 aromatic carbocycles. The van der Waals surface area contributed by atoms with Crippen LogP contribution in [0.2, 0.25) is 0 Å². The van der Waals surface area contributed by atoms with Crippen LogP contribution in [0.3, 0.4) is 0 Å². The van der Waals surface area contributed by atoms with Gasteiger partial charge in [0.15, 0.2) is 0 Å². The zero-order valence-corrected chi connectivity index (χ0v) is 6.39. The monoisotopic (exact) mass is 151 g/mol. The minimum absolute atomic E-state index is 0.283. The van der Waals surface area contributed by atoms with Crippen molar-refractivity contribution in [3.05, 3.63) is 0 Å². The average molecular weight is 151 g/mol. The summed E-state index contributed by atoms with van der Waals surface area (Å²) in [5.74, 6) is 0. The molecular weight excluding hydrogens is 142 g/mol. The first kappa shape index (κ1) is 8.20. The summed E-state index contributed by atoms with van der Waals surface area (Å²) < 4.78 is 5.05. The third-order valence-electron chi connectivity index (χ3n) is 0.548. The standard InChI is InChI=1S/C4H9NOS2/c1-2-5-3-6-4(7)8/h5H,2-3H2,1H3,(H,7,8). The largest absolute Gasteiger partial charge is 0.463 e. The van der Waals surface area contributed by atoms with E-state index in [1.165, 1.54) is 0 Å². The zero-order valence-electron chi connectivity index (χ0n) is 4.68. The Morgan fingerprint density at radius 2 is 2.50 bits per heavy atom. The molecule has 0 aromatic rings. The second-order valence-electron chi connectivity index (χ2n) is 1.16. The van der Waals surface area contributed by atoms with E-state index in [9.17, 15) is 0 Å². The molecule has 0 radical (unpaired) electrons. The van der Waals surface area contributed by atoms with E-state index >= 15 is 0 Å². The van der Waals surface area contributed by atoms with Gasteiger partial charge in [0.05, 0.1) is 0 Å². The Labute approximate surface area is 60.0 Å². The number of hydrogen-bond donors (Lipinski definition) is 2. The van der Waals surface area contributed by atoms with Gasteiger partial charge in [0.1, 0.15) is 6.73 Å². The molecule has 0 aliphatic rings. The summed E-state index contributed by atoms with van der Waals surface area (Å²) in [4.78, 5) is 0. The van der Waals surface area contributed by atoms with Gasteiger partial charge in [-0.3, -0.25) is 5.32 Å². The molecule has 0 aromatic heterocycles. The molecule has 0 atom stereocenters. The molecule has 0 unspecified atom stereocenters. The molecule has 48 valence electrons.